The van der Waals surface area contributed by atoms with Crippen molar-refractivity contribution in [3.63, 3.8) is 0 Å². The quantitative estimate of drug-likeness (QED) is 0.164. The number of amides is 2. The fourth-order valence-corrected chi connectivity index (χ4v) is 6.41. The molecule has 12 heteroatoms. The zero-order valence-corrected chi connectivity index (χ0v) is 30.9. The van der Waals surface area contributed by atoms with Crippen LogP contribution in [0.15, 0.2) is 72.8 Å². The van der Waals surface area contributed by atoms with Crippen molar-refractivity contribution < 1.29 is 42.7 Å². The molecule has 0 radical (unpaired) electrons. The van der Waals surface area contributed by atoms with Crippen molar-refractivity contribution in [1.29, 1.82) is 0 Å². The van der Waals surface area contributed by atoms with Crippen LogP contribution in [0.2, 0.25) is 0 Å². The predicted octanol–water partition coefficient (Wildman–Crippen LogP) is 5.13. The summed E-state index contributed by atoms with van der Waals surface area (Å²) in [5, 5.41) is 0. The summed E-state index contributed by atoms with van der Waals surface area (Å²) in [5.41, 5.74) is 3.85. The average molecular weight is 720 g/mol. The van der Waals surface area contributed by atoms with Crippen LogP contribution in [0.1, 0.15) is 35.4 Å². The lowest BCUT2D eigenvalue weighted by molar-refractivity contribution is -0.141. The molecule has 282 valence electrons. The second kappa shape index (κ2) is 20.0. The number of hydrogen-bond donors (Lipinski definition) is 0. The highest BCUT2D eigenvalue weighted by molar-refractivity contribution is 5.76. The molecular formula is C40H53N3O9. The highest BCUT2D eigenvalue weighted by Gasteiger charge is 2.42. The van der Waals surface area contributed by atoms with Gasteiger partial charge in [-0.15, -0.1) is 0 Å². The number of carbonyl (C=O) groups is 2. The van der Waals surface area contributed by atoms with Crippen molar-refractivity contribution >= 4 is 17.7 Å². The zero-order chi connectivity index (χ0) is 36.7. The second-order valence-corrected chi connectivity index (χ2v) is 13.2. The minimum absolute atomic E-state index is 0.139. The van der Waals surface area contributed by atoms with Gasteiger partial charge in [0, 0.05) is 60.4 Å². The molecule has 1 saturated heterocycles. The van der Waals surface area contributed by atoms with Gasteiger partial charge in [-0.25, -0.2) is 4.79 Å². The van der Waals surface area contributed by atoms with Crippen LogP contribution in [0.3, 0.4) is 0 Å². The van der Waals surface area contributed by atoms with E-state index in [2.05, 4.69) is 11.0 Å². The molecular weight excluding hydrogens is 666 g/mol. The van der Waals surface area contributed by atoms with E-state index in [9.17, 15) is 9.59 Å². The Bertz CT molecular complexity index is 1540. The topological polar surface area (TPSA) is 108 Å². The lowest BCUT2D eigenvalue weighted by Gasteiger charge is -2.43. The van der Waals surface area contributed by atoms with Gasteiger partial charge in [0.1, 0.15) is 31.3 Å². The Morgan fingerprint density at radius 3 is 2.29 bits per heavy atom. The van der Waals surface area contributed by atoms with Gasteiger partial charge in [-0.3, -0.25) is 4.79 Å². The molecule has 0 unspecified atom stereocenters. The van der Waals surface area contributed by atoms with Crippen LogP contribution >= 0.6 is 0 Å². The van der Waals surface area contributed by atoms with E-state index in [4.69, 9.17) is 33.2 Å². The summed E-state index contributed by atoms with van der Waals surface area (Å²) in [4.78, 5) is 31.8. The minimum Gasteiger partial charge on any atom is -0.494 e. The predicted molar refractivity (Wildman–Crippen MR) is 197 cm³/mol. The van der Waals surface area contributed by atoms with Crippen LogP contribution in [0.5, 0.6) is 11.5 Å². The van der Waals surface area contributed by atoms with Crippen LogP contribution in [-0.4, -0.2) is 122 Å². The zero-order valence-electron chi connectivity index (χ0n) is 30.9. The number of nitrogens with zero attached hydrogens (tertiary/aromatic N) is 3. The van der Waals surface area contributed by atoms with E-state index in [1.54, 1.807) is 33.2 Å². The number of carbonyl (C=O) groups excluding carboxylic acids is 2. The molecule has 2 heterocycles. The Morgan fingerprint density at radius 2 is 1.56 bits per heavy atom. The standard InChI is InChI=1S/C40H53N3O9/c1-41(2)38(44)29-51-37-26-43(40(45)52-27-30-10-6-5-7-11-30)25-36(39(37)32-13-15-33(16-14-32)48-22-9-21-47-4)50-28-31-12-17-35-34(24-31)42(19-23-49-35)18-8-20-46-3/h5-7,10-17,24,36-37,39H,8-9,18-23,25-29H2,1-4H3/t36-,37+,39+/m0/s1. The Hall–Kier alpha value is -4.36. The van der Waals surface area contributed by atoms with E-state index in [-0.39, 0.29) is 44.7 Å². The summed E-state index contributed by atoms with van der Waals surface area (Å²) < 4.78 is 41.2. The van der Waals surface area contributed by atoms with Crippen molar-refractivity contribution in [3.05, 3.63) is 89.5 Å². The summed E-state index contributed by atoms with van der Waals surface area (Å²) in [6.45, 7) is 4.91. The van der Waals surface area contributed by atoms with Crippen molar-refractivity contribution in [2.75, 3.05) is 92.4 Å². The summed E-state index contributed by atoms with van der Waals surface area (Å²) in [6.07, 6.45) is 0.166. The van der Waals surface area contributed by atoms with Crippen LogP contribution in [0.4, 0.5) is 10.5 Å². The Balaban J connectivity index is 1.39. The number of likely N-dealkylation sites (tertiary alicyclic amines) is 1. The van der Waals surface area contributed by atoms with Gasteiger partial charge < -0.3 is 47.9 Å². The van der Waals surface area contributed by atoms with Gasteiger partial charge in [-0.05, 0) is 47.4 Å². The SMILES string of the molecule is COCCCOc1ccc([C@@H]2[C@@H](OCc3ccc4c(c3)N(CCCOC)CCO4)CN(C(=O)OCc3ccccc3)C[C@H]2OCC(=O)N(C)C)cc1. The lowest BCUT2D eigenvalue weighted by Crippen LogP contribution is -2.55. The van der Waals surface area contributed by atoms with Gasteiger partial charge in [-0.2, -0.15) is 0 Å². The maximum absolute atomic E-state index is 13.6. The van der Waals surface area contributed by atoms with E-state index >= 15 is 0 Å². The molecule has 2 aliphatic heterocycles. The van der Waals surface area contributed by atoms with Crippen LogP contribution in [0, 0.1) is 0 Å². The number of piperidine rings is 1. The van der Waals surface area contributed by atoms with Crippen molar-refractivity contribution in [1.82, 2.24) is 9.80 Å². The molecule has 3 aromatic carbocycles. The van der Waals surface area contributed by atoms with Gasteiger partial charge >= 0.3 is 6.09 Å². The molecule has 3 atom stereocenters. The number of likely N-dealkylation sites (N-methyl/N-ethyl adjacent to an activating group) is 1. The van der Waals surface area contributed by atoms with Crippen LogP contribution < -0.4 is 14.4 Å². The average Bonchev–Trinajstić information content (AvgIpc) is 3.17. The first-order valence-electron chi connectivity index (χ1n) is 18.0. The third-order valence-corrected chi connectivity index (χ3v) is 9.23. The maximum Gasteiger partial charge on any atom is 0.410 e. The molecule has 0 spiro atoms. The first-order chi connectivity index (χ1) is 25.4. The maximum atomic E-state index is 13.6. The molecule has 52 heavy (non-hydrogen) atoms. The third-order valence-electron chi connectivity index (χ3n) is 9.23. The fraction of sp³-hybridized carbons (Fsp3) is 0.500. The minimum atomic E-state index is -0.561. The number of methoxy groups -OCH3 is 2. The fourth-order valence-electron chi connectivity index (χ4n) is 6.41. The van der Waals surface area contributed by atoms with Gasteiger partial charge in [0.15, 0.2) is 0 Å². The number of ether oxygens (including phenoxy) is 7. The van der Waals surface area contributed by atoms with E-state index in [0.29, 0.717) is 26.4 Å². The Morgan fingerprint density at radius 1 is 0.827 bits per heavy atom. The number of anilines is 1. The monoisotopic (exact) mass is 719 g/mol. The van der Waals surface area contributed by atoms with Crippen molar-refractivity contribution in [2.45, 2.75) is 44.2 Å². The molecule has 0 aliphatic carbocycles. The van der Waals surface area contributed by atoms with E-state index in [0.717, 1.165) is 59.8 Å². The van der Waals surface area contributed by atoms with Crippen molar-refractivity contribution in [3.8, 4) is 11.5 Å². The Kier molecular flexibility index (Phi) is 15.0. The molecule has 0 saturated carbocycles. The highest BCUT2D eigenvalue weighted by atomic mass is 16.6. The lowest BCUT2D eigenvalue weighted by atomic mass is 9.84. The normalized spacial score (nSPS) is 18.3. The van der Waals surface area contributed by atoms with E-state index < -0.39 is 18.3 Å². The summed E-state index contributed by atoms with van der Waals surface area (Å²) in [7, 11) is 6.77. The largest absolute Gasteiger partial charge is 0.494 e. The number of fused-ring (bicyclic) bond motifs is 1. The first-order valence-corrected chi connectivity index (χ1v) is 18.0. The summed E-state index contributed by atoms with van der Waals surface area (Å²) in [5.74, 6) is 1.11. The molecule has 0 bridgehead atoms. The molecule has 2 aliphatic rings. The molecule has 1 fully saturated rings. The molecule has 0 aromatic heterocycles. The second-order valence-electron chi connectivity index (χ2n) is 13.2. The number of benzene rings is 3. The van der Waals surface area contributed by atoms with E-state index in [1.807, 2.05) is 66.7 Å². The third kappa shape index (κ3) is 11.1. The molecule has 5 rings (SSSR count). The number of hydrogen-bond acceptors (Lipinski definition) is 10. The van der Waals surface area contributed by atoms with Gasteiger partial charge in [-0.1, -0.05) is 48.5 Å². The van der Waals surface area contributed by atoms with E-state index in [1.165, 1.54) is 4.90 Å². The van der Waals surface area contributed by atoms with Crippen molar-refractivity contribution in [2.24, 2.45) is 0 Å². The van der Waals surface area contributed by atoms with Crippen LogP contribution in [-0.2, 0) is 41.7 Å². The Labute approximate surface area is 307 Å². The summed E-state index contributed by atoms with van der Waals surface area (Å²) >= 11 is 0. The summed E-state index contributed by atoms with van der Waals surface area (Å²) in [6, 6.07) is 23.6. The van der Waals surface area contributed by atoms with Gasteiger partial charge in [0.25, 0.3) is 0 Å². The first kappa shape index (κ1) is 38.9. The number of rotatable bonds is 18. The molecule has 3 aromatic rings. The smallest absolute Gasteiger partial charge is 0.410 e. The molecule has 0 N–H and O–H groups in total. The highest BCUT2D eigenvalue weighted by Crippen LogP contribution is 2.36. The molecule has 12 nitrogen and oxygen atoms in total. The van der Waals surface area contributed by atoms with Gasteiger partial charge in [0.2, 0.25) is 5.91 Å². The molecule has 2 amide bonds. The van der Waals surface area contributed by atoms with Gasteiger partial charge in [0.05, 0.1) is 50.7 Å². The van der Waals surface area contributed by atoms with Crippen LogP contribution in [0.25, 0.3) is 0 Å².